The summed E-state index contributed by atoms with van der Waals surface area (Å²) in [6, 6.07) is 5.85. The van der Waals surface area contributed by atoms with Crippen LogP contribution in [0.2, 0.25) is 0 Å². The molecule has 2 rings (SSSR count). The number of hydrogen-bond acceptors (Lipinski definition) is 5. The zero-order valence-electron chi connectivity index (χ0n) is 11.4. The van der Waals surface area contributed by atoms with Gasteiger partial charge < -0.3 is 11.1 Å². The standard InChI is InChI=1S/C14H18N4OS/c1-2-11-12(20-14(15)18-11)13(19)17-9-5-7-10-6-3-4-8-16-10/h3-4,6,8H,2,5,7,9H2,1H3,(H2,15,18)(H,17,19). The number of aromatic nitrogens is 2. The Morgan fingerprint density at radius 2 is 2.30 bits per heavy atom. The van der Waals surface area contributed by atoms with Gasteiger partial charge >= 0.3 is 0 Å². The van der Waals surface area contributed by atoms with Crippen molar-refractivity contribution in [1.82, 2.24) is 15.3 Å². The fourth-order valence-electron chi connectivity index (χ4n) is 1.88. The van der Waals surface area contributed by atoms with E-state index in [1.54, 1.807) is 6.20 Å². The van der Waals surface area contributed by atoms with E-state index in [2.05, 4.69) is 15.3 Å². The van der Waals surface area contributed by atoms with Crippen LogP contribution in [-0.2, 0) is 12.8 Å². The summed E-state index contributed by atoms with van der Waals surface area (Å²) in [5, 5.41) is 3.35. The highest BCUT2D eigenvalue weighted by molar-refractivity contribution is 7.17. The van der Waals surface area contributed by atoms with Crippen molar-refractivity contribution in [2.24, 2.45) is 0 Å². The molecular weight excluding hydrogens is 272 g/mol. The van der Waals surface area contributed by atoms with E-state index in [1.807, 2.05) is 25.1 Å². The Kier molecular flexibility index (Phi) is 5.06. The fraction of sp³-hybridized carbons (Fsp3) is 0.357. The Bertz CT molecular complexity index is 568. The minimum atomic E-state index is -0.0860. The van der Waals surface area contributed by atoms with Crippen LogP contribution in [0, 0.1) is 0 Å². The van der Waals surface area contributed by atoms with Crippen LogP contribution in [0.5, 0.6) is 0 Å². The molecule has 0 spiro atoms. The van der Waals surface area contributed by atoms with Crippen LogP contribution >= 0.6 is 11.3 Å². The van der Waals surface area contributed by atoms with Crippen molar-refractivity contribution in [2.45, 2.75) is 26.2 Å². The number of hydrogen-bond donors (Lipinski definition) is 2. The minimum Gasteiger partial charge on any atom is -0.375 e. The molecule has 2 aromatic heterocycles. The van der Waals surface area contributed by atoms with E-state index in [4.69, 9.17) is 5.73 Å². The Balaban J connectivity index is 1.80. The summed E-state index contributed by atoms with van der Waals surface area (Å²) >= 11 is 1.24. The Hall–Kier alpha value is -1.95. The predicted molar refractivity (Wildman–Crippen MR) is 80.8 cm³/mol. The summed E-state index contributed by atoms with van der Waals surface area (Å²) in [6.07, 6.45) is 4.21. The van der Waals surface area contributed by atoms with E-state index < -0.39 is 0 Å². The number of pyridine rings is 1. The largest absolute Gasteiger partial charge is 0.375 e. The van der Waals surface area contributed by atoms with Crippen LogP contribution in [0.1, 0.15) is 34.4 Å². The second kappa shape index (κ2) is 7.00. The van der Waals surface area contributed by atoms with Crippen molar-refractivity contribution in [3.8, 4) is 0 Å². The van der Waals surface area contributed by atoms with Crippen LogP contribution in [0.4, 0.5) is 5.13 Å². The molecule has 2 heterocycles. The van der Waals surface area contributed by atoms with Crippen molar-refractivity contribution in [1.29, 1.82) is 0 Å². The van der Waals surface area contributed by atoms with Gasteiger partial charge in [0.1, 0.15) is 4.88 Å². The molecule has 0 aliphatic carbocycles. The lowest BCUT2D eigenvalue weighted by Gasteiger charge is -2.04. The molecule has 0 unspecified atom stereocenters. The lowest BCUT2D eigenvalue weighted by Crippen LogP contribution is -2.24. The van der Waals surface area contributed by atoms with Gasteiger partial charge in [0.15, 0.2) is 5.13 Å². The Morgan fingerprint density at radius 1 is 1.45 bits per heavy atom. The van der Waals surface area contributed by atoms with Crippen LogP contribution in [0.15, 0.2) is 24.4 Å². The molecule has 0 saturated carbocycles. The van der Waals surface area contributed by atoms with Gasteiger partial charge in [-0.2, -0.15) is 0 Å². The first-order chi connectivity index (χ1) is 9.70. The van der Waals surface area contributed by atoms with Crippen molar-refractivity contribution in [2.75, 3.05) is 12.3 Å². The van der Waals surface area contributed by atoms with Gasteiger partial charge in [-0.3, -0.25) is 9.78 Å². The molecule has 5 nitrogen and oxygen atoms in total. The van der Waals surface area contributed by atoms with E-state index in [1.165, 1.54) is 11.3 Å². The van der Waals surface area contributed by atoms with Gasteiger partial charge in [-0.15, -0.1) is 0 Å². The number of nitrogen functional groups attached to an aromatic ring is 1. The van der Waals surface area contributed by atoms with E-state index >= 15 is 0 Å². The molecule has 20 heavy (non-hydrogen) atoms. The first-order valence-electron chi connectivity index (χ1n) is 6.64. The van der Waals surface area contributed by atoms with E-state index in [9.17, 15) is 4.79 Å². The van der Waals surface area contributed by atoms with Crippen molar-refractivity contribution in [3.05, 3.63) is 40.7 Å². The number of rotatable bonds is 6. The van der Waals surface area contributed by atoms with Gasteiger partial charge in [-0.05, 0) is 31.4 Å². The van der Waals surface area contributed by atoms with Crippen LogP contribution in [0.25, 0.3) is 0 Å². The molecule has 106 valence electrons. The van der Waals surface area contributed by atoms with Gasteiger partial charge in [0, 0.05) is 18.4 Å². The molecule has 0 aliphatic rings. The third kappa shape index (κ3) is 3.77. The summed E-state index contributed by atoms with van der Waals surface area (Å²) in [6.45, 7) is 2.59. The number of carbonyl (C=O) groups excluding carboxylic acids is 1. The first kappa shape index (κ1) is 14.5. The summed E-state index contributed by atoms with van der Waals surface area (Å²) in [4.78, 5) is 21.1. The fourth-order valence-corrected chi connectivity index (χ4v) is 2.72. The normalized spacial score (nSPS) is 10.4. The highest BCUT2D eigenvalue weighted by Crippen LogP contribution is 2.20. The quantitative estimate of drug-likeness (QED) is 0.798. The number of aryl methyl sites for hydroxylation is 2. The maximum atomic E-state index is 12.0. The van der Waals surface area contributed by atoms with Gasteiger partial charge in [0.25, 0.3) is 5.91 Å². The van der Waals surface area contributed by atoms with E-state index in [0.29, 0.717) is 23.0 Å². The van der Waals surface area contributed by atoms with Gasteiger partial charge in [0.05, 0.1) is 5.69 Å². The van der Waals surface area contributed by atoms with Crippen LogP contribution in [0.3, 0.4) is 0 Å². The molecule has 0 saturated heterocycles. The Morgan fingerprint density at radius 3 is 3.00 bits per heavy atom. The molecular formula is C14H18N4OS. The van der Waals surface area contributed by atoms with Crippen LogP contribution in [-0.4, -0.2) is 22.4 Å². The number of thiazole rings is 1. The number of carbonyl (C=O) groups is 1. The summed E-state index contributed by atoms with van der Waals surface area (Å²) in [5.41, 5.74) is 7.46. The number of nitrogens with one attached hydrogen (secondary N) is 1. The van der Waals surface area contributed by atoms with E-state index in [0.717, 1.165) is 24.2 Å². The number of amides is 1. The lowest BCUT2D eigenvalue weighted by atomic mass is 10.2. The number of anilines is 1. The van der Waals surface area contributed by atoms with Crippen LogP contribution < -0.4 is 11.1 Å². The number of nitrogens with two attached hydrogens (primary N) is 1. The molecule has 0 aliphatic heterocycles. The molecule has 3 N–H and O–H groups in total. The maximum absolute atomic E-state index is 12.0. The topological polar surface area (TPSA) is 80.9 Å². The van der Waals surface area contributed by atoms with Crippen molar-refractivity contribution < 1.29 is 4.79 Å². The predicted octanol–water partition coefficient (Wildman–Crippen LogP) is 2.05. The monoisotopic (exact) mass is 290 g/mol. The van der Waals surface area contributed by atoms with Gasteiger partial charge in [0.2, 0.25) is 0 Å². The SMILES string of the molecule is CCc1nc(N)sc1C(=O)NCCCc1ccccn1. The maximum Gasteiger partial charge on any atom is 0.263 e. The summed E-state index contributed by atoms with van der Waals surface area (Å²) < 4.78 is 0. The zero-order chi connectivity index (χ0) is 14.4. The molecule has 1 amide bonds. The molecule has 6 heteroatoms. The second-order valence-electron chi connectivity index (χ2n) is 4.36. The minimum absolute atomic E-state index is 0.0860. The van der Waals surface area contributed by atoms with Crippen molar-refractivity contribution >= 4 is 22.4 Å². The molecule has 0 fully saturated rings. The molecule has 0 bridgehead atoms. The van der Waals surface area contributed by atoms with Gasteiger partial charge in [-0.25, -0.2) is 4.98 Å². The number of nitrogens with zero attached hydrogens (tertiary/aromatic N) is 2. The molecule has 2 aromatic rings. The first-order valence-corrected chi connectivity index (χ1v) is 7.45. The highest BCUT2D eigenvalue weighted by Gasteiger charge is 2.15. The smallest absolute Gasteiger partial charge is 0.263 e. The lowest BCUT2D eigenvalue weighted by molar-refractivity contribution is 0.0956. The Labute approximate surface area is 122 Å². The average Bonchev–Trinajstić information content (AvgIpc) is 2.86. The third-order valence-electron chi connectivity index (χ3n) is 2.88. The second-order valence-corrected chi connectivity index (χ2v) is 5.39. The summed E-state index contributed by atoms with van der Waals surface area (Å²) in [7, 11) is 0. The molecule has 0 atom stereocenters. The van der Waals surface area contributed by atoms with Gasteiger partial charge in [-0.1, -0.05) is 24.3 Å². The summed E-state index contributed by atoms with van der Waals surface area (Å²) in [5.74, 6) is -0.0860. The third-order valence-corrected chi connectivity index (χ3v) is 3.80. The zero-order valence-corrected chi connectivity index (χ0v) is 12.2. The molecule has 0 aromatic carbocycles. The van der Waals surface area contributed by atoms with Crippen molar-refractivity contribution in [3.63, 3.8) is 0 Å². The van der Waals surface area contributed by atoms with E-state index in [-0.39, 0.29) is 5.91 Å². The average molecular weight is 290 g/mol. The molecule has 0 radical (unpaired) electrons. The highest BCUT2D eigenvalue weighted by atomic mass is 32.1.